The Morgan fingerprint density at radius 1 is 1.50 bits per heavy atom. The Hall–Kier alpha value is -0.760. The van der Waals surface area contributed by atoms with Gasteiger partial charge in [0, 0.05) is 11.7 Å². The van der Waals surface area contributed by atoms with E-state index in [0.717, 1.165) is 5.82 Å². The van der Waals surface area contributed by atoms with Crippen LogP contribution in [-0.2, 0) is 0 Å². The molecule has 2 nitrogen and oxygen atoms in total. The first-order chi connectivity index (χ1) is 6.74. The Bertz CT molecular complexity index is 304. The van der Waals surface area contributed by atoms with Crippen LogP contribution in [0.15, 0.2) is 18.3 Å². The van der Waals surface area contributed by atoms with Crippen molar-refractivity contribution in [3.63, 3.8) is 0 Å². The molecule has 76 valence electrons. The van der Waals surface area contributed by atoms with Gasteiger partial charge in [0.2, 0.25) is 0 Å². The smallest absolute Gasteiger partial charge is 0.126 e. The van der Waals surface area contributed by atoms with Gasteiger partial charge in [-0.2, -0.15) is 0 Å². The van der Waals surface area contributed by atoms with Crippen LogP contribution in [0.5, 0.6) is 0 Å². The summed E-state index contributed by atoms with van der Waals surface area (Å²) < 4.78 is 0. The fourth-order valence-corrected chi connectivity index (χ4v) is 1.90. The molecule has 0 aliphatic heterocycles. The first-order valence-corrected chi connectivity index (χ1v) is 5.52. The third-order valence-electron chi connectivity index (χ3n) is 2.70. The molecule has 2 rings (SSSR count). The van der Waals surface area contributed by atoms with Crippen molar-refractivity contribution in [2.24, 2.45) is 0 Å². The van der Waals surface area contributed by atoms with Gasteiger partial charge in [0.25, 0.3) is 0 Å². The number of aromatic nitrogens is 1. The maximum absolute atomic E-state index is 5.77. The minimum Gasteiger partial charge on any atom is -0.365 e. The molecule has 0 bridgehead atoms. The van der Waals surface area contributed by atoms with Gasteiger partial charge in [-0.1, -0.05) is 24.9 Å². The molecule has 1 aromatic rings. The number of pyridine rings is 1. The summed E-state index contributed by atoms with van der Waals surface area (Å²) in [6, 6.07) is 3.82. The van der Waals surface area contributed by atoms with Gasteiger partial charge in [-0.3, -0.25) is 0 Å². The summed E-state index contributed by atoms with van der Waals surface area (Å²) in [6.07, 6.45) is 6.68. The van der Waals surface area contributed by atoms with Crippen molar-refractivity contribution >= 4 is 17.4 Å². The zero-order valence-electron chi connectivity index (χ0n) is 8.39. The van der Waals surface area contributed by atoms with Gasteiger partial charge in [-0.25, -0.2) is 4.98 Å². The highest BCUT2D eigenvalue weighted by molar-refractivity contribution is 6.30. The minimum absolute atomic E-state index is 0.343. The third-order valence-corrected chi connectivity index (χ3v) is 2.93. The average molecular weight is 211 g/mol. The zero-order chi connectivity index (χ0) is 10.0. The number of hydrogen-bond donors (Lipinski definition) is 1. The Morgan fingerprint density at radius 3 is 2.79 bits per heavy atom. The molecule has 14 heavy (non-hydrogen) atoms. The van der Waals surface area contributed by atoms with Gasteiger partial charge in [0.05, 0.1) is 5.02 Å². The molecule has 1 saturated carbocycles. The van der Waals surface area contributed by atoms with Gasteiger partial charge in [0.15, 0.2) is 0 Å². The highest BCUT2D eigenvalue weighted by atomic mass is 35.5. The lowest BCUT2D eigenvalue weighted by Crippen LogP contribution is -2.21. The number of halogens is 1. The molecule has 0 amide bonds. The summed E-state index contributed by atoms with van der Waals surface area (Å²) in [5.74, 6) is 0.945. The minimum atomic E-state index is 0.343. The van der Waals surface area contributed by atoms with E-state index in [1.54, 1.807) is 6.20 Å². The molecule has 0 aromatic carbocycles. The van der Waals surface area contributed by atoms with Crippen molar-refractivity contribution in [3.8, 4) is 0 Å². The lowest BCUT2D eigenvalue weighted by Gasteiger charge is -2.16. The summed E-state index contributed by atoms with van der Waals surface area (Å²) in [7, 11) is 0. The number of nitrogens with zero attached hydrogens (tertiary/aromatic N) is 1. The first-order valence-electron chi connectivity index (χ1n) is 5.14. The highest BCUT2D eigenvalue weighted by Gasteiger charge is 2.41. The molecular formula is C11H15ClN2. The van der Waals surface area contributed by atoms with Crippen molar-refractivity contribution in [3.05, 3.63) is 23.4 Å². The van der Waals surface area contributed by atoms with E-state index >= 15 is 0 Å². The monoisotopic (exact) mass is 210 g/mol. The largest absolute Gasteiger partial charge is 0.365 e. The summed E-state index contributed by atoms with van der Waals surface area (Å²) in [5, 5.41) is 4.18. The van der Waals surface area contributed by atoms with Crippen molar-refractivity contribution in [2.75, 3.05) is 5.32 Å². The molecular weight excluding hydrogens is 196 g/mol. The normalized spacial score (nSPS) is 17.9. The Morgan fingerprint density at radius 2 is 2.29 bits per heavy atom. The molecule has 1 aromatic heterocycles. The van der Waals surface area contributed by atoms with Crippen molar-refractivity contribution in [1.82, 2.24) is 4.98 Å². The number of hydrogen-bond acceptors (Lipinski definition) is 2. The summed E-state index contributed by atoms with van der Waals surface area (Å²) in [6.45, 7) is 2.22. The quantitative estimate of drug-likeness (QED) is 0.823. The van der Waals surface area contributed by atoms with E-state index < -0.39 is 0 Å². The maximum Gasteiger partial charge on any atom is 0.126 e. The van der Waals surface area contributed by atoms with Crippen LogP contribution in [0.25, 0.3) is 0 Å². The molecule has 3 heteroatoms. The van der Waals surface area contributed by atoms with Gasteiger partial charge in [-0.15, -0.1) is 0 Å². The van der Waals surface area contributed by atoms with E-state index in [1.165, 1.54) is 25.7 Å². The average Bonchev–Trinajstić information content (AvgIpc) is 2.90. The molecule has 0 spiro atoms. The molecule has 1 N–H and O–H groups in total. The zero-order valence-corrected chi connectivity index (χ0v) is 9.14. The van der Waals surface area contributed by atoms with Crippen LogP contribution in [0.4, 0.5) is 5.82 Å². The predicted octanol–water partition coefficient (Wildman–Crippen LogP) is 3.48. The SMILES string of the molecule is CCCC1(Nc2ccc(Cl)cn2)CC1. The molecule has 1 fully saturated rings. The van der Waals surface area contributed by atoms with Crippen LogP contribution in [-0.4, -0.2) is 10.5 Å². The maximum atomic E-state index is 5.77. The number of anilines is 1. The van der Waals surface area contributed by atoms with E-state index in [0.29, 0.717) is 10.6 Å². The van der Waals surface area contributed by atoms with Crippen LogP contribution in [0.2, 0.25) is 5.02 Å². The summed E-state index contributed by atoms with van der Waals surface area (Å²) in [5.41, 5.74) is 0.343. The molecule has 0 saturated heterocycles. The van der Waals surface area contributed by atoms with Crippen LogP contribution in [0.1, 0.15) is 32.6 Å². The topological polar surface area (TPSA) is 24.9 Å². The molecule has 0 unspecified atom stereocenters. The Balaban J connectivity index is 2.00. The van der Waals surface area contributed by atoms with E-state index in [4.69, 9.17) is 11.6 Å². The lowest BCUT2D eigenvalue weighted by molar-refractivity contribution is 0.636. The summed E-state index contributed by atoms with van der Waals surface area (Å²) in [4.78, 5) is 4.24. The molecule has 1 aliphatic carbocycles. The highest BCUT2D eigenvalue weighted by Crippen LogP contribution is 2.42. The van der Waals surface area contributed by atoms with Gasteiger partial charge < -0.3 is 5.32 Å². The Labute approximate surface area is 89.7 Å². The fourth-order valence-electron chi connectivity index (χ4n) is 1.79. The second-order valence-electron chi connectivity index (χ2n) is 4.02. The van der Waals surface area contributed by atoms with E-state index in [-0.39, 0.29) is 0 Å². The second kappa shape index (κ2) is 3.77. The Kier molecular flexibility index (Phi) is 2.64. The van der Waals surface area contributed by atoms with Crippen LogP contribution >= 0.6 is 11.6 Å². The standard InChI is InChI=1S/C11H15ClN2/c1-2-5-11(6-7-11)14-10-4-3-9(12)8-13-10/h3-4,8H,2,5-7H2,1H3,(H,13,14). The molecule has 1 aliphatic rings. The van der Waals surface area contributed by atoms with E-state index in [2.05, 4.69) is 17.2 Å². The van der Waals surface area contributed by atoms with E-state index in [1.807, 2.05) is 12.1 Å². The van der Waals surface area contributed by atoms with Crippen LogP contribution < -0.4 is 5.32 Å². The molecule has 0 radical (unpaired) electrons. The van der Waals surface area contributed by atoms with Crippen molar-refractivity contribution in [2.45, 2.75) is 38.1 Å². The molecule has 0 atom stereocenters. The number of nitrogens with one attached hydrogen (secondary N) is 1. The predicted molar refractivity (Wildman–Crippen MR) is 59.7 cm³/mol. The van der Waals surface area contributed by atoms with E-state index in [9.17, 15) is 0 Å². The lowest BCUT2D eigenvalue weighted by atomic mass is 10.1. The summed E-state index contributed by atoms with van der Waals surface area (Å²) >= 11 is 5.77. The second-order valence-corrected chi connectivity index (χ2v) is 4.45. The molecule has 1 heterocycles. The number of rotatable bonds is 4. The fraction of sp³-hybridized carbons (Fsp3) is 0.545. The van der Waals surface area contributed by atoms with Crippen LogP contribution in [0, 0.1) is 0 Å². The third kappa shape index (κ3) is 2.18. The first kappa shape index (κ1) is 9.78. The van der Waals surface area contributed by atoms with Gasteiger partial charge in [-0.05, 0) is 31.4 Å². The van der Waals surface area contributed by atoms with Crippen molar-refractivity contribution < 1.29 is 0 Å². The van der Waals surface area contributed by atoms with Gasteiger partial charge in [0.1, 0.15) is 5.82 Å². The van der Waals surface area contributed by atoms with Gasteiger partial charge >= 0.3 is 0 Å². The van der Waals surface area contributed by atoms with Crippen molar-refractivity contribution in [1.29, 1.82) is 0 Å². The van der Waals surface area contributed by atoms with Crippen LogP contribution in [0.3, 0.4) is 0 Å².